The van der Waals surface area contributed by atoms with Gasteiger partial charge >= 0.3 is 5.97 Å². The Balaban J connectivity index is 2.91. The van der Waals surface area contributed by atoms with Crippen molar-refractivity contribution in [3.8, 4) is 0 Å². The summed E-state index contributed by atoms with van der Waals surface area (Å²) in [7, 11) is 0. The van der Waals surface area contributed by atoms with Gasteiger partial charge in [0.25, 0.3) is 3.91 Å². The van der Waals surface area contributed by atoms with Gasteiger partial charge in [-0.1, -0.05) is 0 Å². The first-order valence-electron chi connectivity index (χ1n) is 2.74. The number of hydrogen-bond acceptors (Lipinski definition) is 4. The zero-order valence-corrected chi connectivity index (χ0v) is 8.55. The van der Waals surface area contributed by atoms with Gasteiger partial charge < -0.3 is 10.4 Å². The van der Waals surface area contributed by atoms with Gasteiger partial charge in [0.15, 0.2) is 5.69 Å². The number of thiazole rings is 1. The fourth-order valence-electron chi connectivity index (χ4n) is 0.576. The largest absolute Gasteiger partial charge is 0.476 e. The molecule has 7 heteroatoms. The molecule has 1 aromatic rings. The van der Waals surface area contributed by atoms with Crippen LogP contribution >= 0.6 is 33.9 Å². The van der Waals surface area contributed by atoms with Crippen molar-refractivity contribution in [1.82, 2.24) is 4.98 Å². The van der Waals surface area contributed by atoms with Crippen molar-refractivity contribution in [2.24, 2.45) is 0 Å². The number of aromatic nitrogens is 1. The minimum Gasteiger partial charge on any atom is -0.476 e. The highest BCUT2D eigenvalue weighted by atomic mass is 127. The number of halogens is 1. The first-order valence-corrected chi connectivity index (χ1v) is 4.70. The third-order valence-corrected chi connectivity index (χ3v) is 1.99. The number of carbonyl (C=O) groups is 2. The van der Waals surface area contributed by atoms with Gasteiger partial charge in [0.05, 0.1) is 5.51 Å². The van der Waals surface area contributed by atoms with Crippen LogP contribution in [-0.2, 0) is 0 Å². The molecule has 1 rings (SSSR count). The van der Waals surface area contributed by atoms with E-state index in [0.29, 0.717) is 0 Å². The lowest BCUT2D eigenvalue weighted by Crippen LogP contribution is -2.05. The van der Waals surface area contributed by atoms with Crippen LogP contribution in [0, 0.1) is 0 Å². The van der Waals surface area contributed by atoms with E-state index < -0.39 is 5.97 Å². The van der Waals surface area contributed by atoms with E-state index in [1.165, 1.54) is 28.1 Å². The van der Waals surface area contributed by atoms with E-state index in [4.69, 9.17) is 5.11 Å². The molecule has 0 aliphatic carbocycles. The third-order valence-electron chi connectivity index (χ3n) is 0.982. The Hall–Kier alpha value is -0.700. The molecule has 0 saturated carbocycles. The summed E-state index contributed by atoms with van der Waals surface area (Å²) in [5.74, 6) is -1.14. The molecule has 0 saturated heterocycles. The SMILES string of the molecule is O=C(I)Nc1scnc1C(=O)O. The Kier molecular flexibility index (Phi) is 2.98. The van der Waals surface area contributed by atoms with E-state index in [1.54, 1.807) is 0 Å². The Morgan fingerprint density at radius 3 is 2.83 bits per heavy atom. The van der Waals surface area contributed by atoms with Crippen LogP contribution in [0.15, 0.2) is 5.51 Å². The zero-order valence-electron chi connectivity index (χ0n) is 5.57. The van der Waals surface area contributed by atoms with E-state index in [2.05, 4.69) is 10.3 Å². The lowest BCUT2D eigenvalue weighted by Gasteiger charge is -1.95. The van der Waals surface area contributed by atoms with Gasteiger partial charge in [-0.3, -0.25) is 4.79 Å². The van der Waals surface area contributed by atoms with Gasteiger partial charge in [-0.25, -0.2) is 9.78 Å². The van der Waals surface area contributed by atoms with Gasteiger partial charge in [-0.2, -0.15) is 0 Å². The molecule has 1 amide bonds. The molecular weight excluding hydrogens is 295 g/mol. The highest BCUT2D eigenvalue weighted by Crippen LogP contribution is 2.20. The summed E-state index contributed by atoms with van der Waals surface area (Å²) in [4.78, 5) is 24.6. The standard InChI is InChI=1S/C5H3IN2O3S/c6-5(11)8-3-2(4(9)10)7-1-12-3/h1H,(H,8,11)(H,9,10). The number of carboxylic acid groups (broad SMARTS) is 1. The first kappa shape index (κ1) is 9.39. The van der Waals surface area contributed by atoms with E-state index in [0.717, 1.165) is 11.3 Å². The summed E-state index contributed by atoms with van der Waals surface area (Å²) in [6.07, 6.45) is 0. The van der Waals surface area contributed by atoms with Crippen LogP contribution in [0.4, 0.5) is 9.80 Å². The molecule has 64 valence electrons. The van der Waals surface area contributed by atoms with Crippen molar-refractivity contribution in [3.05, 3.63) is 11.2 Å². The molecule has 12 heavy (non-hydrogen) atoms. The summed E-state index contributed by atoms with van der Waals surface area (Å²) in [6, 6.07) is 0. The van der Waals surface area contributed by atoms with Crippen molar-refractivity contribution in [3.63, 3.8) is 0 Å². The lowest BCUT2D eigenvalue weighted by molar-refractivity contribution is 0.0692. The quantitative estimate of drug-likeness (QED) is 0.496. The first-order chi connectivity index (χ1) is 5.61. The fourth-order valence-corrected chi connectivity index (χ4v) is 1.70. The van der Waals surface area contributed by atoms with E-state index in [9.17, 15) is 9.59 Å². The molecular formula is C5H3IN2O3S. The molecule has 0 bridgehead atoms. The van der Waals surface area contributed by atoms with Crippen LogP contribution in [0.2, 0.25) is 0 Å². The van der Waals surface area contributed by atoms with E-state index in [-0.39, 0.29) is 14.6 Å². The van der Waals surface area contributed by atoms with Gasteiger partial charge in [-0.15, -0.1) is 11.3 Å². The fraction of sp³-hybridized carbons (Fsp3) is 0. The Labute approximate surface area is 85.0 Å². The second-order valence-corrected chi connectivity index (χ2v) is 3.57. The minimum atomic E-state index is -1.14. The number of amides is 1. The summed E-state index contributed by atoms with van der Waals surface area (Å²) < 4.78 is -0.334. The third kappa shape index (κ3) is 2.14. The van der Waals surface area contributed by atoms with Crippen LogP contribution in [-0.4, -0.2) is 20.0 Å². The van der Waals surface area contributed by atoms with Crippen molar-refractivity contribution in [2.45, 2.75) is 0 Å². The number of anilines is 1. The van der Waals surface area contributed by atoms with Gasteiger partial charge in [-0.05, 0) is 0 Å². The lowest BCUT2D eigenvalue weighted by atomic mass is 10.5. The maximum Gasteiger partial charge on any atom is 0.357 e. The Morgan fingerprint density at radius 2 is 2.33 bits per heavy atom. The van der Waals surface area contributed by atoms with Gasteiger partial charge in [0.1, 0.15) is 5.00 Å². The maximum absolute atomic E-state index is 10.5. The maximum atomic E-state index is 10.5. The Morgan fingerprint density at radius 1 is 1.67 bits per heavy atom. The normalized spacial score (nSPS) is 9.42. The van der Waals surface area contributed by atoms with Crippen LogP contribution in [0.25, 0.3) is 0 Å². The van der Waals surface area contributed by atoms with Crippen molar-refractivity contribution in [2.75, 3.05) is 5.32 Å². The molecule has 0 spiro atoms. The molecule has 0 atom stereocenters. The average Bonchev–Trinajstić information content (AvgIpc) is 2.33. The molecule has 2 N–H and O–H groups in total. The van der Waals surface area contributed by atoms with Crippen LogP contribution in [0.5, 0.6) is 0 Å². The second-order valence-electron chi connectivity index (χ2n) is 1.73. The summed E-state index contributed by atoms with van der Waals surface area (Å²) >= 11 is 2.60. The molecule has 0 unspecified atom stereocenters. The van der Waals surface area contributed by atoms with Gasteiger partial charge in [0.2, 0.25) is 0 Å². The molecule has 0 aliphatic rings. The number of carbonyl (C=O) groups excluding carboxylic acids is 1. The average molecular weight is 298 g/mol. The molecule has 1 heterocycles. The van der Waals surface area contributed by atoms with Crippen molar-refractivity contribution < 1.29 is 14.7 Å². The monoisotopic (exact) mass is 298 g/mol. The molecule has 0 radical (unpaired) electrons. The minimum absolute atomic E-state index is 0.120. The number of nitrogens with zero attached hydrogens (tertiary/aromatic N) is 1. The molecule has 0 fully saturated rings. The number of rotatable bonds is 2. The summed E-state index contributed by atoms with van der Waals surface area (Å²) in [6.45, 7) is 0. The molecule has 0 aliphatic heterocycles. The molecule has 1 aromatic heterocycles. The van der Waals surface area contributed by atoms with Crippen LogP contribution < -0.4 is 5.32 Å². The second kappa shape index (κ2) is 3.81. The summed E-state index contributed by atoms with van der Waals surface area (Å²) in [5, 5.41) is 11.2. The highest BCUT2D eigenvalue weighted by molar-refractivity contribution is 14.1. The van der Waals surface area contributed by atoms with Crippen LogP contribution in [0.3, 0.4) is 0 Å². The number of carboxylic acids is 1. The highest BCUT2D eigenvalue weighted by Gasteiger charge is 2.14. The number of hydrogen-bond donors (Lipinski definition) is 2. The van der Waals surface area contributed by atoms with Gasteiger partial charge in [0, 0.05) is 22.6 Å². The molecule has 0 aromatic carbocycles. The molecule has 5 nitrogen and oxygen atoms in total. The summed E-state index contributed by atoms with van der Waals surface area (Å²) in [5.41, 5.74) is 1.25. The van der Waals surface area contributed by atoms with E-state index in [1.807, 2.05) is 0 Å². The van der Waals surface area contributed by atoms with Crippen molar-refractivity contribution in [1.29, 1.82) is 0 Å². The smallest absolute Gasteiger partial charge is 0.357 e. The van der Waals surface area contributed by atoms with Crippen molar-refractivity contribution >= 4 is 48.8 Å². The predicted molar refractivity (Wildman–Crippen MR) is 52.1 cm³/mol. The predicted octanol–water partition coefficient (Wildman–Crippen LogP) is 1.81. The van der Waals surface area contributed by atoms with E-state index >= 15 is 0 Å². The zero-order chi connectivity index (χ0) is 9.14. The number of nitrogens with one attached hydrogen (secondary N) is 1. The van der Waals surface area contributed by atoms with Crippen LogP contribution in [0.1, 0.15) is 10.5 Å². The number of aromatic carboxylic acids is 1. The topological polar surface area (TPSA) is 79.3 Å². The Bertz CT molecular complexity index is 324.